The number of nitriles is 1. The van der Waals surface area contributed by atoms with Gasteiger partial charge < -0.3 is 4.74 Å². The molecule has 0 spiro atoms. The number of halogens is 1. The van der Waals surface area contributed by atoms with Gasteiger partial charge in [-0.3, -0.25) is 9.59 Å². The van der Waals surface area contributed by atoms with E-state index in [4.69, 9.17) is 10.00 Å². The van der Waals surface area contributed by atoms with Gasteiger partial charge in [-0.15, -0.1) is 0 Å². The van der Waals surface area contributed by atoms with Gasteiger partial charge in [-0.05, 0) is 34.1 Å². The molecule has 0 bridgehead atoms. The Bertz CT molecular complexity index is 520. The van der Waals surface area contributed by atoms with Crippen LogP contribution in [-0.2, 0) is 14.3 Å². The molecule has 1 aliphatic heterocycles. The monoisotopic (exact) mass is 294 g/mol. The van der Waals surface area contributed by atoms with Gasteiger partial charge in [0.15, 0.2) is 0 Å². The van der Waals surface area contributed by atoms with Crippen molar-refractivity contribution in [3.63, 3.8) is 0 Å². The molecular formula is C11H7BrN2O3. The summed E-state index contributed by atoms with van der Waals surface area (Å²) in [6.45, 7) is -0.226. The van der Waals surface area contributed by atoms with Crippen molar-refractivity contribution in [3.8, 4) is 6.07 Å². The van der Waals surface area contributed by atoms with E-state index < -0.39 is 11.8 Å². The van der Waals surface area contributed by atoms with Crippen molar-refractivity contribution >= 4 is 33.4 Å². The normalized spacial score (nSPS) is 15.9. The summed E-state index contributed by atoms with van der Waals surface area (Å²) in [6.07, 6.45) is 0. The fourth-order valence-corrected chi connectivity index (χ4v) is 2.08. The summed E-state index contributed by atoms with van der Waals surface area (Å²) >= 11 is 3.24. The molecule has 0 radical (unpaired) electrons. The number of hydrogen-bond donors (Lipinski definition) is 0. The molecule has 0 aromatic heterocycles. The Morgan fingerprint density at radius 1 is 1.29 bits per heavy atom. The summed E-state index contributed by atoms with van der Waals surface area (Å²) in [6, 6.07) is 6.65. The van der Waals surface area contributed by atoms with Gasteiger partial charge in [0.05, 0.1) is 17.3 Å². The quantitative estimate of drug-likeness (QED) is 0.730. The lowest BCUT2D eigenvalue weighted by molar-refractivity contribution is -0.138. The molecule has 2 amide bonds. The summed E-state index contributed by atoms with van der Waals surface area (Å²) < 4.78 is 5.35. The van der Waals surface area contributed by atoms with Crippen LogP contribution in [0.5, 0.6) is 0 Å². The molecule has 0 unspecified atom stereocenters. The minimum atomic E-state index is -0.411. The Kier molecular flexibility index (Phi) is 3.22. The van der Waals surface area contributed by atoms with Crippen molar-refractivity contribution in [2.24, 2.45) is 0 Å². The second-order valence-corrected chi connectivity index (χ2v) is 4.25. The highest BCUT2D eigenvalue weighted by atomic mass is 79.9. The molecular weight excluding hydrogens is 288 g/mol. The maximum absolute atomic E-state index is 11.6. The van der Waals surface area contributed by atoms with E-state index in [1.807, 2.05) is 6.07 Å². The second kappa shape index (κ2) is 4.65. The Labute approximate surface area is 106 Å². The first-order valence-corrected chi connectivity index (χ1v) is 5.56. The summed E-state index contributed by atoms with van der Waals surface area (Å²) in [5, 5.41) is 8.73. The first-order chi connectivity index (χ1) is 8.13. The minimum absolute atomic E-state index is 0.113. The maximum Gasteiger partial charge on any atom is 0.259 e. The summed E-state index contributed by atoms with van der Waals surface area (Å²) in [5.41, 5.74) is 0.885. The molecule has 5 nitrogen and oxygen atoms in total. The lowest BCUT2D eigenvalue weighted by Gasteiger charge is -2.25. The van der Waals surface area contributed by atoms with Crippen molar-refractivity contribution in [1.82, 2.24) is 0 Å². The second-order valence-electron chi connectivity index (χ2n) is 3.39. The van der Waals surface area contributed by atoms with Gasteiger partial charge in [-0.1, -0.05) is 0 Å². The number of imide groups is 1. The predicted molar refractivity (Wildman–Crippen MR) is 62.2 cm³/mol. The molecule has 0 aliphatic carbocycles. The lowest BCUT2D eigenvalue weighted by Crippen LogP contribution is -2.46. The van der Waals surface area contributed by atoms with Crippen LogP contribution < -0.4 is 4.90 Å². The fraction of sp³-hybridized carbons (Fsp3) is 0.182. The third-order valence-corrected chi connectivity index (χ3v) is 2.90. The van der Waals surface area contributed by atoms with Gasteiger partial charge >= 0.3 is 0 Å². The van der Waals surface area contributed by atoms with Crippen molar-refractivity contribution in [2.45, 2.75) is 0 Å². The highest BCUT2D eigenvalue weighted by Crippen LogP contribution is 2.28. The standard InChI is InChI=1S/C11H7BrN2O3/c12-8-3-7(4-13)1-2-9(8)14-10(15)5-17-6-11(14)16/h1-3H,5-6H2. The van der Waals surface area contributed by atoms with Crippen LogP contribution >= 0.6 is 15.9 Å². The van der Waals surface area contributed by atoms with Crippen LogP contribution in [0.4, 0.5) is 5.69 Å². The molecule has 0 atom stereocenters. The topological polar surface area (TPSA) is 70.4 Å². The van der Waals surface area contributed by atoms with E-state index in [1.54, 1.807) is 18.2 Å². The van der Waals surface area contributed by atoms with Crippen molar-refractivity contribution in [1.29, 1.82) is 5.26 Å². The zero-order chi connectivity index (χ0) is 12.4. The van der Waals surface area contributed by atoms with E-state index >= 15 is 0 Å². The van der Waals surface area contributed by atoms with E-state index in [-0.39, 0.29) is 13.2 Å². The number of anilines is 1. The van der Waals surface area contributed by atoms with Gasteiger partial charge in [-0.2, -0.15) is 5.26 Å². The molecule has 1 heterocycles. The molecule has 0 N–H and O–H groups in total. The van der Waals surface area contributed by atoms with Crippen molar-refractivity contribution in [2.75, 3.05) is 18.1 Å². The molecule has 1 saturated heterocycles. The number of carbonyl (C=O) groups is 2. The third kappa shape index (κ3) is 2.20. The highest BCUT2D eigenvalue weighted by molar-refractivity contribution is 9.10. The van der Waals surface area contributed by atoms with Crippen LogP contribution in [-0.4, -0.2) is 25.0 Å². The fourth-order valence-electron chi connectivity index (χ4n) is 1.52. The first-order valence-electron chi connectivity index (χ1n) is 4.76. The van der Waals surface area contributed by atoms with Crippen LogP contribution in [0.1, 0.15) is 5.56 Å². The Balaban J connectivity index is 2.42. The average molecular weight is 295 g/mol. The van der Waals surface area contributed by atoms with Gasteiger partial charge in [-0.25, -0.2) is 4.90 Å². The Morgan fingerprint density at radius 2 is 1.94 bits per heavy atom. The van der Waals surface area contributed by atoms with Gasteiger partial charge in [0.1, 0.15) is 13.2 Å². The molecule has 1 fully saturated rings. The third-order valence-electron chi connectivity index (χ3n) is 2.27. The Hall–Kier alpha value is -1.71. The van der Waals surface area contributed by atoms with E-state index in [0.717, 1.165) is 4.90 Å². The van der Waals surface area contributed by atoms with Crippen molar-refractivity contribution in [3.05, 3.63) is 28.2 Å². The SMILES string of the molecule is N#Cc1ccc(N2C(=O)COCC2=O)c(Br)c1. The summed E-state index contributed by atoms with van der Waals surface area (Å²) in [5.74, 6) is -0.821. The molecule has 6 heteroatoms. The molecule has 0 saturated carbocycles. The van der Waals surface area contributed by atoms with E-state index in [1.165, 1.54) is 0 Å². The van der Waals surface area contributed by atoms with E-state index in [9.17, 15) is 9.59 Å². The molecule has 1 aliphatic rings. The van der Waals surface area contributed by atoms with Gasteiger partial charge in [0.2, 0.25) is 0 Å². The number of benzene rings is 1. The molecule has 1 aromatic rings. The zero-order valence-corrected chi connectivity index (χ0v) is 10.2. The average Bonchev–Trinajstić information content (AvgIpc) is 2.30. The van der Waals surface area contributed by atoms with E-state index in [2.05, 4.69) is 15.9 Å². The van der Waals surface area contributed by atoms with Crippen LogP contribution in [0, 0.1) is 11.3 Å². The number of carbonyl (C=O) groups excluding carboxylic acids is 2. The highest BCUT2D eigenvalue weighted by Gasteiger charge is 2.29. The molecule has 2 rings (SSSR count). The number of amides is 2. The van der Waals surface area contributed by atoms with Crippen molar-refractivity contribution < 1.29 is 14.3 Å². The number of rotatable bonds is 1. The van der Waals surface area contributed by atoms with Crippen LogP contribution in [0.2, 0.25) is 0 Å². The molecule has 17 heavy (non-hydrogen) atoms. The summed E-state index contributed by atoms with van der Waals surface area (Å²) in [4.78, 5) is 24.3. The van der Waals surface area contributed by atoms with Crippen LogP contribution in [0.25, 0.3) is 0 Å². The number of hydrogen-bond acceptors (Lipinski definition) is 4. The van der Waals surface area contributed by atoms with Crippen LogP contribution in [0.15, 0.2) is 22.7 Å². The minimum Gasteiger partial charge on any atom is -0.362 e. The first kappa shape index (κ1) is 11.8. The molecule has 1 aromatic carbocycles. The summed E-state index contributed by atoms with van der Waals surface area (Å²) in [7, 11) is 0. The maximum atomic E-state index is 11.6. The predicted octanol–water partition coefficient (Wildman–Crippen LogP) is 1.21. The zero-order valence-electron chi connectivity index (χ0n) is 8.64. The Morgan fingerprint density at radius 3 is 2.47 bits per heavy atom. The number of nitrogens with zero attached hydrogens (tertiary/aromatic N) is 2. The van der Waals surface area contributed by atoms with E-state index in [0.29, 0.717) is 15.7 Å². The molecule has 86 valence electrons. The largest absolute Gasteiger partial charge is 0.362 e. The lowest BCUT2D eigenvalue weighted by atomic mass is 10.2. The van der Waals surface area contributed by atoms with Crippen LogP contribution in [0.3, 0.4) is 0 Å². The smallest absolute Gasteiger partial charge is 0.259 e. The number of ether oxygens (including phenoxy) is 1. The van der Waals surface area contributed by atoms with Gasteiger partial charge in [0, 0.05) is 4.47 Å². The number of morpholine rings is 1. The van der Waals surface area contributed by atoms with Gasteiger partial charge in [0.25, 0.3) is 11.8 Å².